The number of amides is 3. The molecule has 11 heteroatoms. The Kier molecular flexibility index (Phi) is 7.57. The molecule has 3 rings (SSSR count). The largest absolute Gasteiger partial charge is 0.495 e. The molecule has 0 unspecified atom stereocenters. The molecule has 1 saturated heterocycles. The SMILES string of the molecule is COc1ccccc1NC(=O)CN1C(=O)S/C(=C/c2cccc(OC)c2OCC(=O)O)C1=O. The zero-order valence-electron chi connectivity index (χ0n) is 17.7. The van der Waals surface area contributed by atoms with Crippen molar-refractivity contribution < 1.29 is 38.5 Å². The maximum Gasteiger partial charge on any atom is 0.341 e. The van der Waals surface area contributed by atoms with Gasteiger partial charge in [-0.2, -0.15) is 0 Å². The molecule has 1 fully saturated rings. The molecule has 3 amide bonds. The van der Waals surface area contributed by atoms with Crippen molar-refractivity contribution in [2.45, 2.75) is 0 Å². The van der Waals surface area contributed by atoms with Crippen molar-refractivity contribution in [2.75, 3.05) is 32.7 Å². The van der Waals surface area contributed by atoms with Gasteiger partial charge in [0, 0.05) is 5.56 Å². The van der Waals surface area contributed by atoms with Crippen LogP contribution >= 0.6 is 11.8 Å². The first kappa shape index (κ1) is 23.7. The summed E-state index contributed by atoms with van der Waals surface area (Å²) in [5.41, 5.74) is 0.753. The molecule has 33 heavy (non-hydrogen) atoms. The maximum absolute atomic E-state index is 12.8. The molecule has 0 radical (unpaired) electrons. The van der Waals surface area contributed by atoms with Gasteiger partial charge in [-0.3, -0.25) is 19.3 Å². The molecule has 0 spiro atoms. The summed E-state index contributed by atoms with van der Waals surface area (Å²) >= 11 is 0.660. The number of benzene rings is 2. The maximum atomic E-state index is 12.8. The Balaban J connectivity index is 1.78. The van der Waals surface area contributed by atoms with Gasteiger partial charge in [0.25, 0.3) is 11.1 Å². The van der Waals surface area contributed by atoms with E-state index in [4.69, 9.17) is 19.3 Å². The average molecular weight is 472 g/mol. The van der Waals surface area contributed by atoms with Gasteiger partial charge >= 0.3 is 5.97 Å². The lowest BCUT2D eigenvalue weighted by Gasteiger charge is -2.14. The van der Waals surface area contributed by atoms with Crippen LogP contribution in [0.4, 0.5) is 10.5 Å². The first-order valence-electron chi connectivity index (χ1n) is 9.54. The van der Waals surface area contributed by atoms with Crippen LogP contribution in [0.25, 0.3) is 6.08 Å². The van der Waals surface area contributed by atoms with Crippen LogP contribution < -0.4 is 19.5 Å². The minimum atomic E-state index is -1.19. The van der Waals surface area contributed by atoms with Crippen LogP contribution in [0.2, 0.25) is 0 Å². The van der Waals surface area contributed by atoms with Gasteiger partial charge in [0.1, 0.15) is 12.3 Å². The highest BCUT2D eigenvalue weighted by molar-refractivity contribution is 8.18. The Morgan fingerprint density at radius 3 is 2.45 bits per heavy atom. The number of rotatable bonds is 9. The predicted molar refractivity (Wildman–Crippen MR) is 120 cm³/mol. The highest BCUT2D eigenvalue weighted by Crippen LogP contribution is 2.37. The van der Waals surface area contributed by atoms with Gasteiger partial charge in [0.2, 0.25) is 5.91 Å². The van der Waals surface area contributed by atoms with Crippen molar-refractivity contribution in [3.05, 3.63) is 52.9 Å². The van der Waals surface area contributed by atoms with Crippen molar-refractivity contribution >= 4 is 46.5 Å². The lowest BCUT2D eigenvalue weighted by Crippen LogP contribution is -2.36. The molecule has 0 aliphatic carbocycles. The smallest absolute Gasteiger partial charge is 0.341 e. The van der Waals surface area contributed by atoms with E-state index in [9.17, 15) is 19.2 Å². The van der Waals surface area contributed by atoms with Crippen LogP contribution in [0.1, 0.15) is 5.56 Å². The number of hydrogen-bond donors (Lipinski definition) is 2. The molecule has 10 nitrogen and oxygen atoms in total. The molecule has 1 aliphatic heterocycles. The molecule has 1 heterocycles. The molecule has 172 valence electrons. The van der Waals surface area contributed by atoms with Gasteiger partial charge in [0.05, 0.1) is 24.8 Å². The topological polar surface area (TPSA) is 131 Å². The summed E-state index contributed by atoms with van der Waals surface area (Å²) in [6.07, 6.45) is 1.39. The fraction of sp³-hybridized carbons (Fsp3) is 0.182. The zero-order valence-corrected chi connectivity index (χ0v) is 18.5. The zero-order chi connectivity index (χ0) is 24.0. The minimum absolute atomic E-state index is 0.0542. The number of carboxylic acid groups (broad SMARTS) is 1. The number of hydrogen-bond acceptors (Lipinski definition) is 8. The van der Waals surface area contributed by atoms with E-state index in [0.717, 1.165) is 4.90 Å². The molecule has 2 aromatic rings. The third-order valence-corrected chi connectivity index (χ3v) is 5.32. The summed E-state index contributed by atoms with van der Waals surface area (Å²) in [6.45, 7) is -1.10. The van der Waals surface area contributed by atoms with Gasteiger partial charge < -0.3 is 24.6 Å². The van der Waals surface area contributed by atoms with E-state index in [0.29, 0.717) is 28.8 Å². The third-order valence-electron chi connectivity index (χ3n) is 4.41. The monoisotopic (exact) mass is 472 g/mol. The number of ether oxygens (including phenoxy) is 3. The number of nitrogens with one attached hydrogen (secondary N) is 1. The normalized spacial score (nSPS) is 14.4. The second-order valence-electron chi connectivity index (χ2n) is 6.58. The lowest BCUT2D eigenvalue weighted by atomic mass is 10.1. The van der Waals surface area contributed by atoms with E-state index >= 15 is 0 Å². The second-order valence-corrected chi connectivity index (χ2v) is 7.57. The predicted octanol–water partition coefficient (Wildman–Crippen LogP) is 2.84. The van der Waals surface area contributed by atoms with Crippen LogP contribution in [0.5, 0.6) is 17.2 Å². The van der Waals surface area contributed by atoms with Gasteiger partial charge in [-0.25, -0.2) is 4.79 Å². The average Bonchev–Trinajstić information content (AvgIpc) is 3.05. The standard InChI is InChI=1S/C22H20N2O8S/c1-30-15-8-4-3-7-14(15)23-18(25)11-24-21(28)17(33-22(24)29)10-13-6-5-9-16(31-2)20(13)32-12-19(26)27/h3-10H,11-12H2,1-2H3,(H,23,25)(H,26,27)/b17-10+. The van der Waals surface area contributed by atoms with Crippen LogP contribution in [0.15, 0.2) is 47.4 Å². The van der Waals surface area contributed by atoms with Crippen LogP contribution in [0, 0.1) is 0 Å². The fourth-order valence-electron chi connectivity index (χ4n) is 2.95. The van der Waals surface area contributed by atoms with Gasteiger partial charge in [-0.1, -0.05) is 24.3 Å². The van der Waals surface area contributed by atoms with E-state index < -0.39 is 36.2 Å². The summed E-state index contributed by atoms with van der Waals surface area (Å²) in [5, 5.41) is 10.9. The number of para-hydroxylation sites is 3. The van der Waals surface area contributed by atoms with E-state index in [1.165, 1.54) is 20.3 Å². The van der Waals surface area contributed by atoms with Crippen molar-refractivity contribution in [1.29, 1.82) is 0 Å². The Bertz CT molecular complexity index is 1130. The number of imide groups is 1. The van der Waals surface area contributed by atoms with Crippen molar-refractivity contribution in [2.24, 2.45) is 0 Å². The highest BCUT2D eigenvalue weighted by Gasteiger charge is 2.36. The van der Waals surface area contributed by atoms with Gasteiger partial charge in [-0.15, -0.1) is 0 Å². The summed E-state index contributed by atoms with van der Waals surface area (Å²) in [7, 11) is 2.85. The molecule has 2 N–H and O–H groups in total. The molecular weight excluding hydrogens is 452 g/mol. The third kappa shape index (κ3) is 5.63. The van der Waals surface area contributed by atoms with Crippen LogP contribution in [-0.2, 0) is 14.4 Å². The Labute approximate surface area is 193 Å². The van der Waals surface area contributed by atoms with Crippen molar-refractivity contribution in [1.82, 2.24) is 4.90 Å². The van der Waals surface area contributed by atoms with Crippen LogP contribution in [0.3, 0.4) is 0 Å². The van der Waals surface area contributed by atoms with E-state index in [2.05, 4.69) is 5.32 Å². The minimum Gasteiger partial charge on any atom is -0.495 e. The number of carboxylic acids is 1. The number of anilines is 1. The molecule has 0 bridgehead atoms. The van der Waals surface area contributed by atoms with E-state index in [1.54, 1.807) is 42.5 Å². The second kappa shape index (κ2) is 10.6. The summed E-state index contributed by atoms with van der Waals surface area (Å²) < 4.78 is 15.7. The lowest BCUT2D eigenvalue weighted by molar-refractivity contribution is -0.139. The van der Waals surface area contributed by atoms with Crippen molar-refractivity contribution in [3.63, 3.8) is 0 Å². The first-order chi connectivity index (χ1) is 15.8. The molecule has 0 aromatic heterocycles. The quantitative estimate of drug-likeness (QED) is 0.529. The fourth-order valence-corrected chi connectivity index (χ4v) is 3.78. The van der Waals surface area contributed by atoms with Gasteiger partial charge in [0.15, 0.2) is 18.1 Å². The van der Waals surface area contributed by atoms with E-state index in [1.807, 2.05) is 0 Å². The number of aliphatic carboxylic acids is 1. The van der Waals surface area contributed by atoms with E-state index in [-0.39, 0.29) is 16.4 Å². The number of methoxy groups -OCH3 is 2. The molecular formula is C22H20N2O8S. The van der Waals surface area contributed by atoms with Gasteiger partial charge in [-0.05, 0) is 36.0 Å². The molecule has 0 saturated carbocycles. The summed E-state index contributed by atoms with van der Waals surface area (Å²) in [6, 6.07) is 11.5. The molecule has 1 aliphatic rings. The number of thioether (sulfide) groups is 1. The Morgan fingerprint density at radius 2 is 1.76 bits per heavy atom. The number of carbonyl (C=O) groups is 4. The number of nitrogens with zero attached hydrogens (tertiary/aromatic N) is 1. The Morgan fingerprint density at radius 1 is 1.06 bits per heavy atom. The number of carbonyl (C=O) groups excluding carboxylic acids is 3. The Hall–Kier alpha value is -3.99. The molecule has 0 atom stereocenters. The molecule has 2 aromatic carbocycles. The van der Waals surface area contributed by atoms with Crippen LogP contribution in [-0.4, -0.2) is 60.4 Å². The highest BCUT2D eigenvalue weighted by atomic mass is 32.2. The first-order valence-corrected chi connectivity index (χ1v) is 10.4. The summed E-state index contributed by atoms with van der Waals surface area (Å²) in [4.78, 5) is 49.4. The summed E-state index contributed by atoms with van der Waals surface area (Å²) in [5.74, 6) is -1.61. The van der Waals surface area contributed by atoms with Crippen molar-refractivity contribution in [3.8, 4) is 17.2 Å².